The maximum atomic E-state index is 12.4. The molecule has 0 spiro atoms. The molecule has 3 amide bonds. The summed E-state index contributed by atoms with van der Waals surface area (Å²) in [6, 6.07) is -0.735. The Kier molecular flexibility index (Phi) is 4.94. The minimum Gasteiger partial charge on any atom is -0.353 e. The van der Waals surface area contributed by atoms with Crippen molar-refractivity contribution in [1.29, 1.82) is 0 Å². The molecule has 2 fully saturated rings. The van der Waals surface area contributed by atoms with Crippen LogP contribution < -0.4 is 16.6 Å². The van der Waals surface area contributed by atoms with Gasteiger partial charge in [-0.3, -0.25) is 19.8 Å². The van der Waals surface area contributed by atoms with E-state index >= 15 is 0 Å². The summed E-state index contributed by atoms with van der Waals surface area (Å²) in [5.41, 5.74) is 2.01. The molecule has 1 aliphatic carbocycles. The summed E-state index contributed by atoms with van der Waals surface area (Å²) in [5.74, 6) is 4.74. The molecule has 20 heavy (non-hydrogen) atoms. The normalized spacial score (nSPS) is 23.6. The number of nitrogens with zero attached hydrogens (tertiary/aromatic N) is 1. The summed E-state index contributed by atoms with van der Waals surface area (Å²) >= 11 is 0. The molecule has 7 heteroatoms. The predicted molar refractivity (Wildman–Crippen MR) is 72.0 cm³/mol. The lowest BCUT2D eigenvalue weighted by Gasteiger charge is -2.35. The summed E-state index contributed by atoms with van der Waals surface area (Å²) in [5, 5.41) is 2.69. The van der Waals surface area contributed by atoms with Gasteiger partial charge < -0.3 is 10.2 Å². The number of hydrogen-bond acceptors (Lipinski definition) is 4. The zero-order valence-electron chi connectivity index (χ0n) is 11.6. The molecule has 0 aromatic rings. The van der Waals surface area contributed by atoms with Gasteiger partial charge in [-0.05, 0) is 18.8 Å². The second kappa shape index (κ2) is 6.69. The van der Waals surface area contributed by atoms with Gasteiger partial charge in [0.15, 0.2) is 0 Å². The molecule has 112 valence electrons. The van der Waals surface area contributed by atoms with Crippen LogP contribution in [0, 0.1) is 5.92 Å². The van der Waals surface area contributed by atoms with E-state index in [0.717, 1.165) is 12.8 Å². The molecule has 1 saturated heterocycles. The monoisotopic (exact) mass is 282 g/mol. The lowest BCUT2D eigenvalue weighted by atomic mass is 10.0. The summed E-state index contributed by atoms with van der Waals surface area (Å²) in [6.07, 6.45) is 4.92. The summed E-state index contributed by atoms with van der Waals surface area (Å²) in [7, 11) is 0. The minimum absolute atomic E-state index is 0.0263. The minimum atomic E-state index is -0.735. The number of piperazine rings is 1. The Balaban J connectivity index is 1.99. The van der Waals surface area contributed by atoms with E-state index in [1.807, 2.05) is 5.43 Å². The average Bonchev–Trinajstić information content (AvgIpc) is 2.93. The average molecular weight is 282 g/mol. The molecule has 1 heterocycles. The van der Waals surface area contributed by atoms with Crippen molar-refractivity contribution in [3.63, 3.8) is 0 Å². The third kappa shape index (κ3) is 3.47. The van der Waals surface area contributed by atoms with Crippen LogP contribution in [0.4, 0.5) is 0 Å². The van der Waals surface area contributed by atoms with E-state index in [-0.39, 0.29) is 18.2 Å². The van der Waals surface area contributed by atoms with Crippen LogP contribution in [-0.2, 0) is 14.4 Å². The standard InChI is InChI=1S/C13H22N4O3/c14-16-11(18)8-10-13(20)15-5-6-17(10)12(19)7-9-3-1-2-4-9/h9-10H,1-8,14H2,(H,15,20)(H,16,18). The number of carbonyl (C=O) groups excluding carboxylic acids is 3. The number of nitrogens with one attached hydrogen (secondary N) is 2. The van der Waals surface area contributed by atoms with Crippen molar-refractivity contribution in [2.75, 3.05) is 13.1 Å². The number of amides is 3. The fourth-order valence-corrected chi connectivity index (χ4v) is 3.03. The van der Waals surface area contributed by atoms with E-state index in [2.05, 4.69) is 5.32 Å². The van der Waals surface area contributed by atoms with E-state index in [9.17, 15) is 14.4 Å². The highest BCUT2D eigenvalue weighted by Crippen LogP contribution is 2.28. The van der Waals surface area contributed by atoms with Gasteiger partial charge in [-0.15, -0.1) is 0 Å². The quantitative estimate of drug-likeness (QED) is 0.359. The molecular formula is C13H22N4O3. The molecule has 2 rings (SSSR count). The molecule has 0 radical (unpaired) electrons. The molecule has 2 aliphatic rings. The van der Waals surface area contributed by atoms with Gasteiger partial charge in [-0.1, -0.05) is 12.8 Å². The number of nitrogens with two attached hydrogens (primary N) is 1. The number of carbonyl (C=O) groups is 3. The first-order valence-corrected chi connectivity index (χ1v) is 7.18. The number of rotatable bonds is 4. The fourth-order valence-electron chi connectivity index (χ4n) is 3.03. The first-order valence-electron chi connectivity index (χ1n) is 7.18. The van der Waals surface area contributed by atoms with Crippen LogP contribution in [0.3, 0.4) is 0 Å². The topological polar surface area (TPSA) is 105 Å². The molecule has 1 unspecified atom stereocenters. The Morgan fingerprint density at radius 1 is 1.30 bits per heavy atom. The van der Waals surface area contributed by atoms with Crippen LogP contribution in [0.15, 0.2) is 0 Å². The number of hydrazine groups is 1. The maximum Gasteiger partial charge on any atom is 0.243 e. The van der Waals surface area contributed by atoms with Crippen LogP contribution in [0.5, 0.6) is 0 Å². The highest BCUT2D eigenvalue weighted by Gasteiger charge is 2.35. The first kappa shape index (κ1) is 14.8. The largest absolute Gasteiger partial charge is 0.353 e. The highest BCUT2D eigenvalue weighted by molar-refractivity contribution is 5.92. The van der Waals surface area contributed by atoms with Gasteiger partial charge in [-0.2, -0.15) is 0 Å². The van der Waals surface area contributed by atoms with Gasteiger partial charge in [0.2, 0.25) is 17.7 Å². The van der Waals surface area contributed by atoms with Crippen molar-refractivity contribution in [3.05, 3.63) is 0 Å². The predicted octanol–water partition coefficient (Wildman–Crippen LogP) is -0.726. The Morgan fingerprint density at radius 2 is 2.00 bits per heavy atom. The summed E-state index contributed by atoms with van der Waals surface area (Å²) in [6.45, 7) is 0.899. The Morgan fingerprint density at radius 3 is 2.65 bits per heavy atom. The number of hydrogen-bond donors (Lipinski definition) is 3. The van der Waals surface area contributed by atoms with Crippen LogP contribution in [-0.4, -0.2) is 41.8 Å². The van der Waals surface area contributed by atoms with Crippen molar-refractivity contribution in [3.8, 4) is 0 Å². The van der Waals surface area contributed by atoms with Crippen LogP contribution in [0.2, 0.25) is 0 Å². The second-order valence-corrected chi connectivity index (χ2v) is 5.52. The Labute approximate surface area is 118 Å². The van der Waals surface area contributed by atoms with Gasteiger partial charge in [0.25, 0.3) is 0 Å². The van der Waals surface area contributed by atoms with E-state index in [4.69, 9.17) is 5.84 Å². The van der Waals surface area contributed by atoms with Crippen LogP contribution >= 0.6 is 0 Å². The third-order valence-electron chi connectivity index (χ3n) is 4.13. The fraction of sp³-hybridized carbons (Fsp3) is 0.769. The SMILES string of the molecule is NNC(=O)CC1C(=O)NCCN1C(=O)CC1CCCC1. The van der Waals surface area contributed by atoms with Crippen molar-refractivity contribution in [1.82, 2.24) is 15.6 Å². The molecule has 1 atom stereocenters. The first-order chi connectivity index (χ1) is 9.61. The van der Waals surface area contributed by atoms with E-state index in [1.165, 1.54) is 17.7 Å². The lowest BCUT2D eigenvalue weighted by Crippen LogP contribution is -2.58. The Hall–Kier alpha value is -1.63. The molecule has 0 bridgehead atoms. The van der Waals surface area contributed by atoms with Crippen molar-refractivity contribution < 1.29 is 14.4 Å². The zero-order valence-corrected chi connectivity index (χ0v) is 11.6. The summed E-state index contributed by atoms with van der Waals surface area (Å²) in [4.78, 5) is 37.2. The van der Waals surface area contributed by atoms with Crippen LogP contribution in [0.1, 0.15) is 38.5 Å². The van der Waals surface area contributed by atoms with Crippen LogP contribution in [0.25, 0.3) is 0 Å². The highest BCUT2D eigenvalue weighted by atomic mass is 16.2. The molecule has 1 aliphatic heterocycles. The third-order valence-corrected chi connectivity index (χ3v) is 4.13. The molecule has 1 saturated carbocycles. The molecule has 0 aromatic heterocycles. The maximum absolute atomic E-state index is 12.4. The molecule has 4 N–H and O–H groups in total. The van der Waals surface area contributed by atoms with E-state index < -0.39 is 11.9 Å². The van der Waals surface area contributed by atoms with E-state index in [1.54, 1.807) is 0 Å². The molecule has 7 nitrogen and oxygen atoms in total. The van der Waals surface area contributed by atoms with Gasteiger partial charge in [0, 0.05) is 19.5 Å². The van der Waals surface area contributed by atoms with Gasteiger partial charge >= 0.3 is 0 Å². The van der Waals surface area contributed by atoms with Gasteiger partial charge in [0.1, 0.15) is 6.04 Å². The lowest BCUT2D eigenvalue weighted by molar-refractivity contribution is -0.145. The smallest absolute Gasteiger partial charge is 0.243 e. The Bertz CT molecular complexity index is 393. The van der Waals surface area contributed by atoms with Gasteiger partial charge in [0.05, 0.1) is 6.42 Å². The van der Waals surface area contributed by atoms with Crippen molar-refractivity contribution >= 4 is 17.7 Å². The molecule has 0 aromatic carbocycles. The second-order valence-electron chi connectivity index (χ2n) is 5.52. The van der Waals surface area contributed by atoms with Crippen molar-refractivity contribution in [2.45, 2.75) is 44.6 Å². The van der Waals surface area contributed by atoms with Gasteiger partial charge in [-0.25, -0.2) is 5.84 Å². The van der Waals surface area contributed by atoms with E-state index in [0.29, 0.717) is 25.4 Å². The summed E-state index contributed by atoms with van der Waals surface area (Å²) < 4.78 is 0. The van der Waals surface area contributed by atoms with Crippen molar-refractivity contribution in [2.24, 2.45) is 11.8 Å². The zero-order chi connectivity index (χ0) is 14.5. The molecular weight excluding hydrogens is 260 g/mol.